The second kappa shape index (κ2) is 4.65. The van der Waals surface area contributed by atoms with Crippen LogP contribution in [-0.2, 0) is 0 Å². The maximum absolute atomic E-state index is 10.9. The number of anilines is 3. The van der Waals surface area contributed by atoms with Crippen molar-refractivity contribution in [1.82, 2.24) is 0 Å². The highest BCUT2D eigenvalue weighted by molar-refractivity contribution is 5.87. The van der Waals surface area contributed by atoms with E-state index in [4.69, 9.17) is 4.74 Å². The van der Waals surface area contributed by atoms with Gasteiger partial charge in [0.25, 0.3) is 0 Å². The van der Waals surface area contributed by atoms with Gasteiger partial charge in [-0.1, -0.05) is 6.07 Å². The summed E-state index contributed by atoms with van der Waals surface area (Å²) in [5, 5.41) is 3.31. The maximum Gasteiger partial charge on any atom is 0.150 e. The molecular formula is C15H14N2O2. The first-order chi connectivity index (χ1) is 9.31. The number of aldehydes is 1. The summed E-state index contributed by atoms with van der Waals surface area (Å²) in [7, 11) is 1.65. The van der Waals surface area contributed by atoms with E-state index >= 15 is 0 Å². The van der Waals surface area contributed by atoms with Crippen molar-refractivity contribution in [3.63, 3.8) is 0 Å². The summed E-state index contributed by atoms with van der Waals surface area (Å²) >= 11 is 0. The van der Waals surface area contributed by atoms with Crippen LogP contribution in [0.15, 0.2) is 42.5 Å². The van der Waals surface area contributed by atoms with Gasteiger partial charge in [-0.3, -0.25) is 4.79 Å². The Morgan fingerprint density at radius 1 is 1.26 bits per heavy atom. The minimum atomic E-state index is 0.676. The molecule has 0 bridgehead atoms. The monoisotopic (exact) mass is 254 g/mol. The fraction of sp³-hybridized carbons (Fsp3) is 0.133. The predicted molar refractivity (Wildman–Crippen MR) is 75.5 cm³/mol. The number of hydrogen-bond donors (Lipinski definition) is 1. The highest BCUT2D eigenvalue weighted by Gasteiger charge is 2.20. The van der Waals surface area contributed by atoms with Crippen molar-refractivity contribution in [2.45, 2.75) is 0 Å². The quantitative estimate of drug-likeness (QED) is 0.855. The van der Waals surface area contributed by atoms with Crippen LogP contribution < -0.4 is 15.0 Å². The zero-order chi connectivity index (χ0) is 13.2. The van der Waals surface area contributed by atoms with Crippen molar-refractivity contribution >= 4 is 23.3 Å². The maximum atomic E-state index is 10.9. The van der Waals surface area contributed by atoms with Gasteiger partial charge in [-0.25, -0.2) is 0 Å². The largest absolute Gasteiger partial charge is 0.497 e. The Morgan fingerprint density at radius 3 is 2.95 bits per heavy atom. The van der Waals surface area contributed by atoms with E-state index in [0.717, 1.165) is 29.1 Å². The number of nitrogens with zero attached hydrogens (tertiary/aromatic N) is 1. The average molecular weight is 254 g/mol. The third-order valence-corrected chi connectivity index (χ3v) is 3.24. The minimum absolute atomic E-state index is 0.676. The van der Waals surface area contributed by atoms with Crippen LogP contribution in [0.2, 0.25) is 0 Å². The molecule has 0 spiro atoms. The van der Waals surface area contributed by atoms with Gasteiger partial charge in [-0.2, -0.15) is 0 Å². The molecule has 0 atom stereocenters. The molecule has 2 aromatic rings. The van der Waals surface area contributed by atoms with Gasteiger partial charge in [0.05, 0.1) is 25.2 Å². The molecule has 1 heterocycles. The highest BCUT2D eigenvalue weighted by Crippen LogP contribution is 2.38. The Morgan fingerprint density at radius 2 is 2.16 bits per heavy atom. The molecule has 0 fully saturated rings. The first kappa shape index (κ1) is 11.6. The van der Waals surface area contributed by atoms with E-state index in [1.807, 2.05) is 42.5 Å². The van der Waals surface area contributed by atoms with Crippen LogP contribution in [-0.4, -0.2) is 20.1 Å². The smallest absolute Gasteiger partial charge is 0.150 e. The third-order valence-electron chi connectivity index (χ3n) is 3.24. The average Bonchev–Trinajstić information content (AvgIpc) is 2.90. The number of rotatable bonds is 3. The van der Waals surface area contributed by atoms with Gasteiger partial charge in [0.15, 0.2) is 0 Å². The Hall–Kier alpha value is -2.49. The number of ether oxygens (including phenoxy) is 1. The summed E-state index contributed by atoms with van der Waals surface area (Å²) in [6.07, 6.45) is 0.863. The first-order valence-corrected chi connectivity index (χ1v) is 6.06. The molecule has 2 aromatic carbocycles. The van der Waals surface area contributed by atoms with Crippen molar-refractivity contribution in [2.75, 3.05) is 24.0 Å². The second-order valence-electron chi connectivity index (χ2n) is 4.36. The van der Waals surface area contributed by atoms with Gasteiger partial charge >= 0.3 is 0 Å². The lowest BCUT2D eigenvalue weighted by atomic mass is 10.1. The van der Waals surface area contributed by atoms with Gasteiger partial charge in [-0.15, -0.1) is 0 Å². The lowest BCUT2D eigenvalue weighted by Crippen LogP contribution is -2.16. The normalized spacial score (nSPS) is 12.8. The number of nitrogens with one attached hydrogen (secondary N) is 1. The molecule has 0 aromatic heterocycles. The van der Waals surface area contributed by atoms with E-state index in [9.17, 15) is 4.79 Å². The fourth-order valence-electron chi connectivity index (χ4n) is 2.25. The van der Waals surface area contributed by atoms with E-state index in [1.165, 1.54) is 0 Å². The zero-order valence-electron chi connectivity index (χ0n) is 10.6. The van der Waals surface area contributed by atoms with Crippen molar-refractivity contribution in [3.05, 3.63) is 48.0 Å². The first-order valence-electron chi connectivity index (χ1n) is 6.06. The van der Waals surface area contributed by atoms with Crippen molar-refractivity contribution in [3.8, 4) is 5.75 Å². The van der Waals surface area contributed by atoms with Crippen LogP contribution in [0.5, 0.6) is 5.75 Å². The standard InChI is InChI=1S/C15H14N2O2/c1-19-13-4-2-3-12(8-13)17-10-16-14-6-5-11(9-18)7-15(14)17/h2-9,16H,10H2,1H3. The van der Waals surface area contributed by atoms with E-state index in [1.54, 1.807) is 7.11 Å². The molecule has 4 heteroatoms. The van der Waals surface area contributed by atoms with E-state index in [2.05, 4.69) is 10.2 Å². The SMILES string of the molecule is COc1cccc(N2CNc3ccc(C=O)cc32)c1. The minimum Gasteiger partial charge on any atom is -0.497 e. The molecule has 1 aliphatic heterocycles. The topological polar surface area (TPSA) is 41.6 Å². The molecule has 0 saturated heterocycles. The van der Waals surface area contributed by atoms with Crippen LogP contribution in [0, 0.1) is 0 Å². The third kappa shape index (κ3) is 2.01. The summed E-state index contributed by atoms with van der Waals surface area (Å²) in [5.41, 5.74) is 3.76. The van der Waals surface area contributed by atoms with Gasteiger partial charge < -0.3 is 15.0 Å². The number of benzene rings is 2. The van der Waals surface area contributed by atoms with Crippen LogP contribution >= 0.6 is 0 Å². The summed E-state index contributed by atoms with van der Waals surface area (Å²) in [4.78, 5) is 13.0. The number of methoxy groups -OCH3 is 1. The fourth-order valence-corrected chi connectivity index (χ4v) is 2.25. The van der Waals surface area contributed by atoms with Crippen LogP contribution in [0.4, 0.5) is 17.1 Å². The van der Waals surface area contributed by atoms with Gasteiger partial charge in [0.2, 0.25) is 0 Å². The van der Waals surface area contributed by atoms with Crippen LogP contribution in [0.3, 0.4) is 0 Å². The predicted octanol–water partition coefficient (Wildman–Crippen LogP) is 3.03. The molecule has 0 amide bonds. The second-order valence-corrected chi connectivity index (χ2v) is 4.36. The summed E-state index contributed by atoms with van der Waals surface area (Å²) in [6, 6.07) is 13.5. The number of carbonyl (C=O) groups is 1. The lowest BCUT2D eigenvalue weighted by molar-refractivity contribution is 0.112. The molecule has 1 N–H and O–H groups in total. The molecule has 4 nitrogen and oxygen atoms in total. The van der Waals surface area contributed by atoms with Crippen molar-refractivity contribution < 1.29 is 9.53 Å². The van der Waals surface area contributed by atoms with Gasteiger partial charge in [-0.05, 0) is 30.3 Å². The molecule has 19 heavy (non-hydrogen) atoms. The molecule has 96 valence electrons. The number of hydrogen-bond acceptors (Lipinski definition) is 4. The van der Waals surface area contributed by atoms with Crippen LogP contribution in [0.1, 0.15) is 10.4 Å². The molecule has 0 radical (unpaired) electrons. The summed E-state index contributed by atoms with van der Waals surface area (Å²) < 4.78 is 5.24. The molecule has 1 aliphatic rings. The van der Waals surface area contributed by atoms with Gasteiger partial charge in [0.1, 0.15) is 12.0 Å². The zero-order valence-corrected chi connectivity index (χ0v) is 10.6. The van der Waals surface area contributed by atoms with Crippen molar-refractivity contribution in [1.29, 1.82) is 0 Å². The Bertz CT molecular complexity index is 625. The Labute approximate surface area is 111 Å². The summed E-state index contributed by atoms with van der Waals surface area (Å²) in [6.45, 7) is 0.685. The number of carbonyl (C=O) groups excluding carboxylic acids is 1. The van der Waals surface area contributed by atoms with E-state index in [0.29, 0.717) is 12.2 Å². The molecule has 0 aliphatic carbocycles. The van der Waals surface area contributed by atoms with Crippen molar-refractivity contribution in [2.24, 2.45) is 0 Å². The Balaban J connectivity index is 2.03. The Kier molecular flexibility index (Phi) is 2.83. The number of fused-ring (bicyclic) bond motifs is 1. The molecular weight excluding hydrogens is 240 g/mol. The molecule has 0 saturated carbocycles. The molecule has 0 unspecified atom stereocenters. The van der Waals surface area contributed by atoms with Gasteiger partial charge in [0, 0.05) is 17.3 Å². The van der Waals surface area contributed by atoms with Crippen LogP contribution in [0.25, 0.3) is 0 Å². The lowest BCUT2D eigenvalue weighted by Gasteiger charge is -2.18. The molecule has 3 rings (SSSR count). The van der Waals surface area contributed by atoms with E-state index < -0.39 is 0 Å². The van der Waals surface area contributed by atoms with E-state index in [-0.39, 0.29) is 0 Å². The summed E-state index contributed by atoms with van der Waals surface area (Å²) in [5.74, 6) is 0.817. The highest BCUT2D eigenvalue weighted by atomic mass is 16.5.